The largest absolute Gasteiger partial charge is 0.464 e. The van der Waals surface area contributed by atoms with Gasteiger partial charge in [-0.25, -0.2) is 9.48 Å². The number of aromatic nitrogens is 5. The van der Waals surface area contributed by atoms with Crippen molar-refractivity contribution in [1.29, 1.82) is 0 Å². The molecule has 20 heavy (non-hydrogen) atoms. The third-order valence-electron chi connectivity index (χ3n) is 2.82. The van der Waals surface area contributed by atoms with E-state index in [1.807, 2.05) is 13.8 Å². The van der Waals surface area contributed by atoms with Crippen LogP contribution in [0.1, 0.15) is 48.2 Å². The second kappa shape index (κ2) is 6.27. The van der Waals surface area contributed by atoms with E-state index in [4.69, 9.17) is 4.52 Å². The second-order valence-electron chi connectivity index (χ2n) is 4.24. The Morgan fingerprint density at radius 1 is 1.40 bits per heavy atom. The molecule has 2 aromatic rings. The lowest BCUT2D eigenvalue weighted by Crippen LogP contribution is -2.10. The predicted octanol–water partition coefficient (Wildman–Crippen LogP) is 1.01. The van der Waals surface area contributed by atoms with Crippen molar-refractivity contribution >= 4 is 5.97 Å². The van der Waals surface area contributed by atoms with Crippen LogP contribution in [-0.4, -0.2) is 38.2 Å². The number of methoxy groups -OCH3 is 1. The van der Waals surface area contributed by atoms with E-state index in [9.17, 15) is 4.79 Å². The summed E-state index contributed by atoms with van der Waals surface area (Å²) in [6, 6.07) is 0. The van der Waals surface area contributed by atoms with E-state index in [0.717, 1.165) is 12.8 Å². The molecule has 0 fully saturated rings. The molecule has 0 N–H and O–H groups in total. The first-order chi connectivity index (χ1) is 9.69. The van der Waals surface area contributed by atoms with E-state index in [1.54, 1.807) is 4.68 Å². The first-order valence-electron chi connectivity index (χ1n) is 6.51. The number of carbonyl (C=O) groups is 1. The summed E-state index contributed by atoms with van der Waals surface area (Å²) in [5.41, 5.74) is 0.922. The van der Waals surface area contributed by atoms with Gasteiger partial charge < -0.3 is 9.26 Å². The highest BCUT2D eigenvalue weighted by Gasteiger charge is 2.20. The molecule has 0 radical (unpaired) electrons. The first-order valence-corrected chi connectivity index (χ1v) is 6.51. The minimum atomic E-state index is -0.493. The zero-order valence-corrected chi connectivity index (χ0v) is 11.8. The molecule has 0 aromatic carbocycles. The van der Waals surface area contributed by atoms with Gasteiger partial charge in [-0.05, 0) is 12.8 Å². The van der Waals surface area contributed by atoms with Gasteiger partial charge in [0.2, 0.25) is 5.89 Å². The Morgan fingerprint density at radius 3 is 2.85 bits per heavy atom. The fourth-order valence-electron chi connectivity index (χ4n) is 1.87. The molecule has 0 unspecified atom stereocenters. The Bertz CT molecular complexity index is 590. The summed E-state index contributed by atoms with van der Waals surface area (Å²) in [4.78, 5) is 15.8. The van der Waals surface area contributed by atoms with Crippen molar-refractivity contribution in [2.24, 2.45) is 0 Å². The van der Waals surface area contributed by atoms with E-state index >= 15 is 0 Å². The fourth-order valence-corrected chi connectivity index (χ4v) is 1.87. The summed E-state index contributed by atoms with van der Waals surface area (Å²) in [6.45, 7) is 4.28. The van der Waals surface area contributed by atoms with E-state index in [2.05, 4.69) is 25.2 Å². The number of esters is 1. The number of aryl methyl sites for hydroxylation is 1. The lowest BCUT2D eigenvalue weighted by molar-refractivity contribution is 0.0592. The van der Waals surface area contributed by atoms with Gasteiger partial charge in [0.15, 0.2) is 11.5 Å². The van der Waals surface area contributed by atoms with Crippen LogP contribution in [0.2, 0.25) is 0 Å². The van der Waals surface area contributed by atoms with E-state index < -0.39 is 5.97 Å². The van der Waals surface area contributed by atoms with Crippen LogP contribution in [0.3, 0.4) is 0 Å². The van der Waals surface area contributed by atoms with Crippen LogP contribution < -0.4 is 0 Å². The van der Waals surface area contributed by atoms with Crippen molar-refractivity contribution in [3.05, 3.63) is 23.1 Å². The first kappa shape index (κ1) is 14.2. The topological polar surface area (TPSA) is 95.9 Å². The number of nitrogens with zero attached hydrogens (tertiary/aromatic N) is 5. The monoisotopic (exact) mass is 279 g/mol. The molecule has 0 amide bonds. The molecule has 8 nitrogen and oxygen atoms in total. The maximum atomic E-state index is 11.6. The molecule has 0 spiro atoms. The molecular weight excluding hydrogens is 262 g/mol. The van der Waals surface area contributed by atoms with Gasteiger partial charge >= 0.3 is 5.97 Å². The van der Waals surface area contributed by atoms with Crippen molar-refractivity contribution in [3.8, 4) is 0 Å². The fraction of sp³-hybridized carbons (Fsp3) is 0.583. The average molecular weight is 279 g/mol. The zero-order valence-electron chi connectivity index (χ0n) is 11.8. The van der Waals surface area contributed by atoms with Crippen molar-refractivity contribution in [2.45, 2.75) is 39.7 Å². The molecular formula is C12H17N5O3. The molecule has 0 aliphatic rings. The van der Waals surface area contributed by atoms with Crippen molar-refractivity contribution < 1.29 is 14.1 Å². The lowest BCUT2D eigenvalue weighted by atomic mass is 10.2. The number of carbonyl (C=O) groups excluding carboxylic acids is 1. The molecule has 0 aliphatic heterocycles. The van der Waals surface area contributed by atoms with Crippen LogP contribution >= 0.6 is 0 Å². The predicted molar refractivity (Wildman–Crippen MR) is 68.1 cm³/mol. The van der Waals surface area contributed by atoms with Crippen LogP contribution in [0.4, 0.5) is 0 Å². The molecule has 2 rings (SSSR count). The molecule has 2 heterocycles. The van der Waals surface area contributed by atoms with Gasteiger partial charge in [0.25, 0.3) is 0 Å². The highest BCUT2D eigenvalue weighted by atomic mass is 16.5. The molecule has 0 aliphatic carbocycles. The summed E-state index contributed by atoms with van der Waals surface area (Å²) in [6.07, 6.45) is 2.30. The van der Waals surface area contributed by atoms with Gasteiger partial charge in [-0.2, -0.15) is 4.98 Å². The summed E-state index contributed by atoms with van der Waals surface area (Å²) >= 11 is 0. The Morgan fingerprint density at radius 2 is 2.20 bits per heavy atom. The molecule has 2 aromatic heterocycles. The molecule has 0 atom stereocenters. The second-order valence-corrected chi connectivity index (χ2v) is 4.24. The maximum absolute atomic E-state index is 11.6. The minimum Gasteiger partial charge on any atom is -0.464 e. The summed E-state index contributed by atoms with van der Waals surface area (Å²) in [5.74, 6) is 0.631. The highest BCUT2D eigenvalue weighted by molar-refractivity contribution is 5.88. The normalized spacial score (nSPS) is 10.8. The Hall–Kier alpha value is -2.25. The van der Waals surface area contributed by atoms with E-state index in [-0.39, 0.29) is 5.69 Å². The van der Waals surface area contributed by atoms with Gasteiger partial charge in [0, 0.05) is 6.42 Å². The third-order valence-corrected chi connectivity index (χ3v) is 2.82. The van der Waals surface area contributed by atoms with Gasteiger partial charge in [-0.15, -0.1) is 5.10 Å². The number of hydrogen-bond donors (Lipinski definition) is 0. The minimum absolute atomic E-state index is 0.229. The molecule has 108 valence electrons. The lowest BCUT2D eigenvalue weighted by Gasteiger charge is -2.02. The van der Waals surface area contributed by atoms with Gasteiger partial charge in [-0.1, -0.05) is 24.2 Å². The molecule has 0 saturated carbocycles. The number of rotatable bonds is 6. The highest BCUT2D eigenvalue weighted by Crippen LogP contribution is 2.10. The van der Waals surface area contributed by atoms with E-state index in [1.165, 1.54) is 7.11 Å². The summed E-state index contributed by atoms with van der Waals surface area (Å²) in [5, 5.41) is 11.7. The molecule has 0 saturated heterocycles. The van der Waals surface area contributed by atoms with Crippen molar-refractivity contribution in [3.63, 3.8) is 0 Å². The number of ether oxygens (including phenoxy) is 1. The Labute approximate surface area is 116 Å². The van der Waals surface area contributed by atoms with Crippen molar-refractivity contribution in [1.82, 2.24) is 25.1 Å². The Kier molecular flexibility index (Phi) is 4.44. The van der Waals surface area contributed by atoms with Gasteiger partial charge in [-0.3, -0.25) is 0 Å². The van der Waals surface area contributed by atoms with E-state index in [0.29, 0.717) is 30.4 Å². The van der Waals surface area contributed by atoms with Crippen LogP contribution in [0.15, 0.2) is 4.52 Å². The van der Waals surface area contributed by atoms with Gasteiger partial charge in [0.1, 0.15) is 6.54 Å². The van der Waals surface area contributed by atoms with Crippen molar-refractivity contribution in [2.75, 3.05) is 7.11 Å². The smallest absolute Gasteiger partial charge is 0.360 e. The summed E-state index contributed by atoms with van der Waals surface area (Å²) < 4.78 is 11.4. The quantitative estimate of drug-likeness (QED) is 0.728. The average Bonchev–Trinajstić information content (AvgIpc) is 3.05. The third kappa shape index (κ3) is 2.84. The number of hydrogen-bond acceptors (Lipinski definition) is 7. The summed E-state index contributed by atoms with van der Waals surface area (Å²) in [7, 11) is 1.32. The maximum Gasteiger partial charge on any atom is 0.360 e. The molecule has 0 bridgehead atoms. The van der Waals surface area contributed by atoms with Crippen LogP contribution in [0.25, 0.3) is 0 Å². The standard InChI is InChI=1S/C12H17N5O3/c1-4-6-10-13-9(15-20-10)7-17-8(5-2)11(14-16-17)12(18)19-3/h4-7H2,1-3H3. The van der Waals surface area contributed by atoms with Gasteiger partial charge in [0.05, 0.1) is 12.8 Å². The van der Waals surface area contributed by atoms with Crippen LogP contribution in [0.5, 0.6) is 0 Å². The van der Waals surface area contributed by atoms with Crippen LogP contribution in [-0.2, 0) is 24.1 Å². The zero-order chi connectivity index (χ0) is 14.5. The SMILES string of the molecule is CCCc1nc(Cn2nnc(C(=O)OC)c2CC)no1. The molecule has 8 heteroatoms. The van der Waals surface area contributed by atoms with Crippen LogP contribution in [0, 0.1) is 0 Å². The Balaban J connectivity index is 2.20.